The van der Waals surface area contributed by atoms with Crippen molar-refractivity contribution in [3.05, 3.63) is 23.4 Å². The van der Waals surface area contributed by atoms with Crippen molar-refractivity contribution in [1.82, 2.24) is 10.3 Å². The van der Waals surface area contributed by atoms with Gasteiger partial charge in [0.1, 0.15) is 5.82 Å². The van der Waals surface area contributed by atoms with Crippen molar-refractivity contribution in [3.63, 3.8) is 0 Å². The van der Waals surface area contributed by atoms with Crippen LogP contribution in [0.25, 0.3) is 0 Å². The predicted molar refractivity (Wildman–Crippen MR) is 90.7 cm³/mol. The van der Waals surface area contributed by atoms with E-state index < -0.39 is 0 Å². The van der Waals surface area contributed by atoms with Crippen LogP contribution in [0.15, 0.2) is 12.3 Å². The zero-order valence-electron chi connectivity index (χ0n) is 14.5. The van der Waals surface area contributed by atoms with Crippen molar-refractivity contribution in [2.24, 2.45) is 11.8 Å². The largest absolute Gasteiger partial charge is 0.353 e. The molecule has 1 aromatic heterocycles. The van der Waals surface area contributed by atoms with Gasteiger partial charge in [-0.15, -0.1) is 0 Å². The Morgan fingerprint density at radius 3 is 2.67 bits per heavy atom. The van der Waals surface area contributed by atoms with Crippen LogP contribution in [0.2, 0.25) is 0 Å². The summed E-state index contributed by atoms with van der Waals surface area (Å²) in [5.74, 6) is 2.66. The van der Waals surface area contributed by atoms with E-state index in [4.69, 9.17) is 4.98 Å². The van der Waals surface area contributed by atoms with Crippen LogP contribution in [0.1, 0.15) is 52.2 Å². The number of aryl methyl sites for hydroxylation is 1. The van der Waals surface area contributed by atoms with Crippen molar-refractivity contribution in [1.29, 1.82) is 0 Å². The molecule has 1 fully saturated rings. The molecule has 1 aliphatic rings. The summed E-state index contributed by atoms with van der Waals surface area (Å²) in [6.07, 6.45) is 3.36. The number of pyridine rings is 1. The maximum absolute atomic E-state index is 4.79. The minimum absolute atomic E-state index is 0.508. The molecule has 0 amide bonds. The van der Waals surface area contributed by atoms with E-state index in [1.807, 2.05) is 6.20 Å². The molecule has 3 heteroatoms. The summed E-state index contributed by atoms with van der Waals surface area (Å²) in [6, 6.07) is 3.37. The standard InChI is InChI=1S/C18H31N3/c1-12(2)19-9-17-8-15(5)18(20-10-17)21-11-13(3)7-14(4)16(21)6/h8,10,12-14,16,19H,7,9,11H2,1-6H3. The Kier molecular flexibility index (Phi) is 5.26. The number of hydrogen-bond donors (Lipinski definition) is 1. The molecule has 3 nitrogen and oxygen atoms in total. The molecule has 1 aromatic rings. The summed E-state index contributed by atoms with van der Waals surface area (Å²) < 4.78 is 0. The van der Waals surface area contributed by atoms with E-state index in [9.17, 15) is 0 Å². The molecule has 2 rings (SSSR count). The van der Waals surface area contributed by atoms with E-state index in [0.717, 1.165) is 24.9 Å². The second kappa shape index (κ2) is 6.78. The highest BCUT2D eigenvalue weighted by atomic mass is 15.2. The van der Waals surface area contributed by atoms with E-state index in [1.54, 1.807) is 0 Å². The molecule has 1 N–H and O–H groups in total. The molecular formula is C18H31N3. The molecule has 1 saturated heterocycles. The van der Waals surface area contributed by atoms with Gasteiger partial charge in [0, 0.05) is 31.4 Å². The summed E-state index contributed by atoms with van der Waals surface area (Å²) in [4.78, 5) is 7.29. The highest BCUT2D eigenvalue weighted by Crippen LogP contribution is 2.31. The first-order chi connectivity index (χ1) is 9.88. The Bertz CT molecular complexity index is 470. The average molecular weight is 289 g/mol. The number of nitrogens with one attached hydrogen (secondary N) is 1. The van der Waals surface area contributed by atoms with Crippen LogP contribution in [-0.4, -0.2) is 23.6 Å². The van der Waals surface area contributed by atoms with Gasteiger partial charge < -0.3 is 10.2 Å². The number of rotatable bonds is 4. The molecule has 1 aliphatic heterocycles. The molecule has 0 radical (unpaired) electrons. The normalized spacial score (nSPS) is 26.4. The van der Waals surface area contributed by atoms with Crippen molar-refractivity contribution >= 4 is 5.82 Å². The van der Waals surface area contributed by atoms with Crippen LogP contribution < -0.4 is 10.2 Å². The Balaban J connectivity index is 2.16. The fraction of sp³-hybridized carbons (Fsp3) is 0.722. The van der Waals surface area contributed by atoms with Crippen molar-refractivity contribution in [3.8, 4) is 0 Å². The molecular weight excluding hydrogens is 258 g/mol. The molecule has 0 spiro atoms. The van der Waals surface area contributed by atoms with Crippen LogP contribution in [0.3, 0.4) is 0 Å². The van der Waals surface area contributed by atoms with Crippen LogP contribution in [0.4, 0.5) is 5.82 Å². The fourth-order valence-corrected chi connectivity index (χ4v) is 3.34. The number of aromatic nitrogens is 1. The molecule has 3 atom stereocenters. The minimum Gasteiger partial charge on any atom is -0.353 e. The summed E-state index contributed by atoms with van der Waals surface area (Å²) in [5.41, 5.74) is 2.57. The Labute approximate surface area is 130 Å². The molecule has 2 heterocycles. The van der Waals surface area contributed by atoms with Gasteiger partial charge in [-0.1, -0.05) is 27.7 Å². The molecule has 0 bridgehead atoms. The highest BCUT2D eigenvalue weighted by Gasteiger charge is 2.30. The van der Waals surface area contributed by atoms with E-state index in [0.29, 0.717) is 12.1 Å². The number of piperidine rings is 1. The van der Waals surface area contributed by atoms with Gasteiger partial charge in [-0.3, -0.25) is 0 Å². The smallest absolute Gasteiger partial charge is 0.131 e. The van der Waals surface area contributed by atoms with Crippen molar-refractivity contribution in [2.45, 2.75) is 66.6 Å². The first-order valence-electron chi connectivity index (χ1n) is 8.34. The van der Waals surface area contributed by atoms with Gasteiger partial charge in [-0.25, -0.2) is 4.98 Å². The maximum atomic E-state index is 4.79. The van der Waals surface area contributed by atoms with Crippen molar-refractivity contribution in [2.75, 3.05) is 11.4 Å². The first-order valence-corrected chi connectivity index (χ1v) is 8.34. The second-order valence-corrected chi connectivity index (χ2v) is 7.23. The van der Waals surface area contributed by atoms with Crippen LogP contribution >= 0.6 is 0 Å². The van der Waals surface area contributed by atoms with Gasteiger partial charge in [0.05, 0.1) is 0 Å². The topological polar surface area (TPSA) is 28.2 Å². The molecule has 118 valence electrons. The zero-order valence-corrected chi connectivity index (χ0v) is 14.5. The Morgan fingerprint density at radius 1 is 1.33 bits per heavy atom. The molecule has 21 heavy (non-hydrogen) atoms. The lowest BCUT2D eigenvalue weighted by Gasteiger charge is -2.42. The molecule has 0 aromatic carbocycles. The number of anilines is 1. The highest BCUT2D eigenvalue weighted by molar-refractivity contribution is 5.49. The van der Waals surface area contributed by atoms with Gasteiger partial charge in [0.2, 0.25) is 0 Å². The van der Waals surface area contributed by atoms with E-state index >= 15 is 0 Å². The second-order valence-electron chi connectivity index (χ2n) is 7.23. The molecule has 0 saturated carbocycles. The SMILES string of the molecule is Cc1cc(CNC(C)C)cnc1N1CC(C)CC(C)C1C. The van der Waals surface area contributed by atoms with Gasteiger partial charge >= 0.3 is 0 Å². The quantitative estimate of drug-likeness (QED) is 0.915. The fourth-order valence-electron chi connectivity index (χ4n) is 3.34. The van der Waals surface area contributed by atoms with E-state index in [2.05, 4.69) is 57.8 Å². The number of nitrogens with zero attached hydrogens (tertiary/aromatic N) is 2. The molecule has 0 aliphatic carbocycles. The zero-order chi connectivity index (χ0) is 15.6. The third-order valence-electron chi connectivity index (χ3n) is 4.69. The van der Waals surface area contributed by atoms with Gasteiger partial charge in [0.25, 0.3) is 0 Å². The average Bonchev–Trinajstić information content (AvgIpc) is 2.41. The third kappa shape index (κ3) is 3.97. The molecule has 3 unspecified atom stereocenters. The van der Waals surface area contributed by atoms with E-state index in [1.165, 1.54) is 23.4 Å². The first kappa shape index (κ1) is 16.3. The Morgan fingerprint density at radius 2 is 2.05 bits per heavy atom. The van der Waals surface area contributed by atoms with Gasteiger partial charge in [-0.05, 0) is 49.3 Å². The predicted octanol–water partition coefficient (Wildman–Crippen LogP) is 3.76. The lowest BCUT2D eigenvalue weighted by Crippen LogP contribution is -2.46. The Hall–Kier alpha value is -1.09. The van der Waals surface area contributed by atoms with Crippen molar-refractivity contribution < 1.29 is 0 Å². The summed E-state index contributed by atoms with van der Waals surface area (Å²) >= 11 is 0. The lowest BCUT2D eigenvalue weighted by molar-refractivity contribution is 0.295. The van der Waals surface area contributed by atoms with Crippen LogP contribution in [0, 0.1) is 18.8 Å². The monoisotopic (exact) mass is 289 g/mol. The summed E-state index contributed by atoms with van der Waals surface area (Å²) in [6.45, 7) is 15.6. The van der Waals surface area contributed by atoms with Crippen LogP contribution in [0.5, 0.6) is 0 Å². The summed E-state index contributed by atoms with van der Waals surface area (Å²) in [7, 11) is 0. The minimum atomic E-state index is 0.508. The third-order valence-corrected chi connectivity index (χ3v) is 4.69. The van der Waals surface area contributed by atoms with Gasteiger partial charge in [0.15, 0.2) is 0 Å². The number of hydrogen-bond acceptors (Lipinski definition) is 3. The van der Waals surface area contributed by atoms with Crippen LogP contribution in [-0.2, 0) is 6.54 Å². The maximum Gasteiger partial charge on any atom is 0.131 e. The summed E-state index contributed by atoms with van der Waals surface area (Å²) in [5, 5.41) is 3.46. The van der Waals surface area contributed by atoms with Gasteiger partial charge in [-0.2, -0.15) is 0 Å². The van der Waals surface area contributed by atoms with E-state index in [-0.39, 0.29) is 0 Å². The lowest BCUT2D eigenvalue weighted by atomic mass is 9.86.